The Morgan fingerprint density at radius 2 is 1.86 bits per heavy atom. The van der Waals surface area contributed by atoms with E-state index in [-0.39, 0.29) is 18.4 Å². The van der Waals surface area contributed by atoms with Crippen molar-refractivity contribution < 1.29 is 9.90 Å². The average molecular weight is 291 g/mol. The number of nitrogens with two attached hydrogens (primary N) is 1. The lowest BCUT2D eigenvalue weighted by Crippen LogP contribution is -2.52. The number of nitrogens with zero attached hydrogens (tertiary/aromatic N) is 2. The molecule has 21 heavy (non-hydrogen) atoms. The maximum Gasteiger partial charge on any atom is 0.179 e. The molecule has 1 fully saturated rings. The highest BCUT2D eigenvalue weighted by Gasteiger charge is 2.28. The smallest absolute Gasteiger partial charge is 0.179 e. The zero-order valence-corrected chi connectivity index (χ0v) is 12.7. The van der Waals surface area contributed by atoms with Crippen molar-refractivity contribution in [3.05, 3.63) is 29.8 Å². The molecule has 0 amide bonds. The number of carbonyl (C=O) groups is 1. The highest BCUT2D eigenvalue weighted by molar-refractivity contribution is 6.00. The highest BCUT2D eigenvalue weighted by Crippen LogP contribution is 2.16. The lowest BCUT2D eigenvalue weighted by Gasteiger charge is -2.38. The fraction of sp³-hybridized carbons (Fsp3) is 0.562. The number of hydrogen-bond donors (Lipinski definition) is 2. The molecule has 1 saturated heterocycles. The number of carbonyl (C=O) groups excluding carboxylic acids is 1. The van der Waals surface area contributed by atoms with Crippen LogP contribution in [0.2, 0.25) is 0 Å². The number of Topliss-reactive ketones (excluding diaryl/α,β-unsaturated/α-hetero) is 1. The van der Waals surface area contributed by atoms with Crippen LogP contribution in [0.5, 0.6) is 0 Å². The van der Waals surface area contributed by atoms with E-state index >= 15 is 0 Å². The summed E-state index contributed by atoms with van der Waals surface area (Å²) in [4.78, 5) is 17.1. The zero-order chi connectivity index (χ0) is 15.2. The van der Waals surface area contributed by atoms with Crippen molar-refractivity contribution in [2.45, 2.75) is 19.4 Å². The van der Waals surface area contributed by atoms with Crippen LogP contribution in [0.15, 0.2) is 24.3 Å². The molecule has 1 aromatic rings. The van der Waals surface area contributed by atoms with Gasteiger partial charge < -0.3 is 10.8 Å². The Balaban J connectivity index is 1.99. The minimum Gasteiger partial charge on any atom is -0.399 e. The van der Waals surface area contributed by atoms with Crippen LogP contribution in [0.1, 0.15) is 23.7 Å². The summed E-state index contributed by atoms with van der Waals surface area (Å²) in [6, 6.07) is 7.10. The minimum atomic E-state index is -0.0649. The monoisotopic (exact) mass is 291 g/mol. The molecule has 1 heterocycles. The zero-order valence-electron chi connectivity index (χ0n) is 12.7. The van der Waals surface area contributed by atoms with Gasteiger partial charge in [-0.2, -0.15) is 0 Å². The number of aliphatic hydroxyl groups is 1. The number of benzene rings is 1. The summed E-state index contributed by atoms with van der Waals surface area (Å²) in [7, 11) is 0. The number of ketones is 1. The van der Waals surface area contributed by atoms with Crippen molar-refractivity contribution in [2.75, 3.05) is 45.1 Å². The topological polar surface area (TPSA) is 69.8 Å². The van der Waals surface area contributed by atoms with Gasteiger partial charge in [0.2, 0.25) is 0 Å². The lowest BCUT2D eigenvalue weighted by atomic mass is 9.99. The second-order valence-corrected chi connectivity index (χ2v) is 5.51. The summed E-state index contributed by atoms with van der Waals surface area (Å²) in [5, 5.41) is 8.98. The summed E-state index contributed by atoms with van der Waals surface area (Å²) >= 11 is 0. The maximum atomic E-state index is 12.7. The first-order chi connectivity index (χ1) is 10.2. The summed E-state index contributed by atoms with van der Waals surface area (Å²) in [6.45, 7) is 6.54. The standard InChI is InChI=1S/C16H25N3O2/c1-2-15(16(21)13-3-5-14(17)6-4-13)19-9-7-18(8-10-19)11-12-20/h3-6,15,20H,2,7-12,17H2,1H3. The molecule has 1 atom stereocenters. The van der Waals surface area contributed by atoms with Gasteiger partial charge in [-0.3, -0.25) is 14.6 Å². The van der Waals surface area contributed by atoms with E-state index in [0.29, 0.717) is 5.69 Å². The average Bonchev–Trinajstić information content (AvgIpc) is 2.50. The van der Waals surface area contributed by atoms with Crippen molar-refractivity contribution in [1.29, 1.82) is 0 Å². The molecule has 2 rings (SSSR count). The number of aliphatic hydroxyl groups excluding tert-OH is 1. The Bertz CT molecular complexity index is 453. The van der Waals surface area contributed by atoms with Gasteiger partial charge in [0, 0.05) is 44.0 Å². The molecule has 0 aliphatic carbocycles. The predicted molar refractivity (Wildman–Crippen MR) is 84.4 cm³/mol. The molecule has 0 bridgehead atoms. The first kappa shape index (κ1) is 15.9. The van der Waals surface area contributed by atoms with E-state index in [0.717, 1.165) is 44.7 Å². The first-order valence-corrected chi connectivity index (χ1v) is 7.62. The van der Waals surface area contributed by atoms with Crippen molar-refractivity contribution in [3.63, 3.8) is 0 Å². The molecule has 116 valence electrons. The van der Waals surface area contributed by atoms with Crippen LogP contribution in [0, 0.1) is 0 Å². The predicted octanol–water partition coefficient (Wildman–Crippen LogP) is 0.840. The van der Waals surface area contributed by atoms with Crippen LogP contribution in [0.4, 0.5) is 5.69 Å². The lowest BCUT2D eigenvalue weighted by molar-refractivity contribution is 0.0620. The first-order valence-electron chi connectivity index (χ1n) is 7.62. The fourth-order valence-corrected chi connectivity index (χ4v) is 2.89. The normalized spacial score (nSPS) is 18.6. The van der Waals surface area contributed by atoms with Gasteiger partial charge in [0.15, 0.2) is 5.78 Å². The van der Waals surface area contributed by atoms with Crippen LogP contribution < -0.4 is 5.73 Å². The number of piperazine rings is 1. The quantitative estimate of drug-likeness (QED) is 0.600. The number of rotatable bonds is 6. The van der Waals surface area contributed by atoms with Gasteiger partial charge in [-0.05, 0) is 30.7 Å². The molecular formula is C16H25N3O2. The molecule has 5 heteroatoms. The summed E-state index contributed by atoms with van der Waals surface area (Å²) in [5.41, 5.74) is 7.08. The summed E-state index contributed by atoms with van der Waals surface area (Å²) < 4.78 is 0. The maximum absolute atomic E-state index is 12.7. The van der Waals surface area contributed by atoms with E-state index < -0.39 is 0 Å². The van der Waals surface area contributed by atoms with Crippen LogP contribution in [0.3, 0.4) is 0 Å². The van der Waals surface area contributed by atoms with E-state index in [9.17, 15) is 4.79 Å². The van der Waals surface area contributed by atoms with E-state index in [2.05, 4.69) is 16.7 Å². The number of anilines is 1. The molecule has 1 aliphatic rings. The third-order valence-corrected chi connectivity index (χ3v) is 4.15. The van der Waals surface area contributed by atoms with Crippen molar-refractivity contribution in [2.24, 2.45) is 0 Å². The molecule has 0 aromatic heterocycles. The molecule has 3 N–H and O–H groups in total. The van der Waals surface area contributed by atoms with Gasteiger partial charge in [0.25, 0.3) is 0 Å². The van der Waals surface area contributed by atoms with Gasteiger partial charge in [-0.1, -0.05) is 6.92 Å². The second-order valence-electron chi connectivity index (χ2n) is 5.51. The molecule has 5 nitrogen and oxygen atoms in total. The molecule has 0 saturated carbocycles. The highest BCUT2D eigenvalue weighted by atomic mass is 16.3. The Morgan fingerprint density at radius 1 is 1.24 bits per heavy atom. The van der Waals surface area contributed by atoms with Crippen LogP contribution in [-0.2, 0) is 0 Å². The van der Waals surface area contributed by atoms with Gasteiger partial charge in [0.1, 0.15) is 0 Å². The van der Waals surface area contributed by atoms with Crippen LogP contribution in [-0.4, -0.2) is 66.1 Å². The van der Waals surface area contributed by atoms with Gasteiger partial charge in [0.05, 0.1) is 12.6 Å². The molecule has 0 radical (unpaired) electrons. The minimum absolute atomic E-state index is 0.0649. The molecule has 0 spiro atoms. The molecule has 1 unspecified atom stereocenters. The van der Waals surface area contributed by atoms with E-state index in [1.54, 1.807) is 12.1 Å². The SMILES string of the molecule is CCC(C(=O)c1ccc(N)cc1)N1CCN(CCO)CC1. The fourth-order valence-electron chi connectivity index (χ4n) is 2.89. The third kappa shape index (κ3) is 4.03. The summed E-state index contributed by atoms with van der Waals surface area (Å²) in [6.07, 6.45) is 0.809. The molecule has 1 aliphatic heterocycles. The second kappa shape index (κ2) is 7.54. The Hall–Kier alpha value is -1.43. The number of β-amino-alcohol motifs (C(OH)–C–C–N with tert-alkyl or cyclic N) is 1. The summed E-state index contributed by atoms with van der Waals surface area (Å²) in [5.74, 6) is 0.174. The van der Waals surface area contributed by atoms with Gasteiger partial charge in [-0.15, -0.1) is 0 Å². The van der Waals surface area contributed by atoms with Crippen molar-refractivity contribution in [3.8, 4) is 0 Å². The Labute approximate surface area is 126 Å². The van der Waals surface area contributed by atoms with E-state index in [1.165, 1.54) is 0 Å². The molecule has 1 aromatic carbocycles. The number of nitrogen functional groups attached to an aromatic ring is 1. The van der Waals surface area contributed by atoms with Crippen molar-refractivity contribution >= 4 is 11.5 Å². The Morgan fingerprint density at radius 3 is 2.38 bits per heavy atom. The third-order valence-electron chi connectivity index (χ3n) is 4.15. The largest absolute Gasteiger partial charge is 0.399 e. The van der Waals surface area contributed by atoms with Gasteiger partial charge >= 0.3 is 0 Å². The van der Waals surface area contributed by atoms with E-state index in [1.807, 2.05) is 12.1 Å². The Kier molecular flexibility index (Phi) is 5.73. The van der Waals surface area contributed by atoms with Crippen LogP contribution >= 0.6 is 0 Å². The van der Waals surface area contributed by atoms with Crippen molar-refractivity contribution in [1.82, 2.24) is 9.80 Å². The number of hydrogen-bond acceptors (Lipinski definition) is 5. The molecular weight excluding hydrogens is 266 g/mol. The van der Waals surface area contributed by atoms with Crippen LogP contribution in [0.25, 0.3) is 0 Å². The van der Waals surface area contributed by atoms with Gasteiger partial charge in [-0.25, -0.2) is 0 Å². The van der Waals surface area contributed by atoms with E-state index in [4.69, 9.17) is 10.8 Å².